The van der Waals surface area contributed by atoms with Crippen molar-refractivity contribution in [2.45, 2.75) is 23.1 Å². The maximum Gasteiger partial charge on any atom is 0.168 e. The molecular weight excluding hydrogens is 260 g/mol. The Balaban J connectivity index is 2.18. The van der Waals surface area contributed by atoms with Crippen LogP contribution >= 0.6 is 11.8 Å². The molecule has 0 aromatic heterocycles. The number of phenolic OH excluding ortho intramolecular Hbond substituents is 2. The summed E-state index contributed by atoms with van der Waals surface area (Å²) in [5.41, 5.74) is 2.57. The number of carbonyl (C=O) groups is 1. The predicted molar refractivity (Wildman–Crippen MR) is 73.1 cm³/mol. The minimum Gasteiger partial charge on any atom is -0.504 e. The summed E-state index contributed by atoms with van der Waals surface area (Å²) < 4.78 is 0. The lowest BCUT2D eigenvalue weighted by Crippen LogP contribution is -2.03. The van der Waals surface area contributed by atoms with Crippen LogP contribution in [0.15, 0.2) is 40.1 Å². The summed E-state index contributed by atoms with van der Waals surface area (Å²) in [5.74, 6) is -0.494. The average molecular weight is 272 g/mol. The molecule has 3 nitrogen and oxygen atoms in total. The minimum absolute atomic E-state index is 0.0397. The van der Waals surface area contributed by atoms with Crippen molar-refractivity contribution < 1.29 is 15.0 Å². The van der Waals surface area contributed by atoms with E-state index >= 15 is 0 Å². The van der Waals surface area contributed by atoms with Gasteiger partial charge in [-0.1, -0.05) is 29.5 Å². The second-order valence-corrected chi connectivity index (χ2v) is 5.73. The molecule has 1 heterocycles. The molecule has 0 saturated heterocycles. The molecule has 2 aromatic rings. The normalized spacial score (nSPS) is 13.6. The molecule has 0 bridgehead atoms. The Morgan fingerprint density at radius 2 is 1.79 bits per heavy atom. The van der Waals surface area contributed by atoms with Crippen LogP contribution in [-0.4, -0.2) is 16.0 Å². The molecule has 19 heavy (non-hydrogen) atoms. The highest BCUT2D eigenvalue weighted by Gasteiger charge is 2.22. The van der Waals surface area contributed by atoms with E-state index in [-0.39, 0.29) is 17.3 Å². The fraction of sp³-hybridized carbons (Fsp3) is 0.133. The van der Waals surface area contributed by atoms with E-state index in [9.17, 15) is 15.0 Å². The first-order chi connectivity index (χ1) is 9.04. The van der Waals surface area contributed by atoms with Crippen molar-refractivity contribution in [3.63, 3.8) is 0 Å². The van der Waals surface area contributed by atoms with Gasteiger partial charge in [0.25, 0.3) is 0 Å². The highest BCUT2D eigenvalue weighted by molar-refractivity contribution is 7.99. The third-order valence-corrected chi connectivity index (χ3v) is 4.34. The molecule has 2 aromatic carbocycles. The van der Waals surface area contributed by atoms with E-state index in [1.54, 1.807) is 0 Å². The Morgan fingerprint density at radius 3 is 2.58 bits per heavy atom. The van der Waals surface area contributed by atoms with Crippen LogP contribution in [0.1, 0.15) is 21.5 Å². The number of benzene rings is 2. The predicted octanol–water partition coefficient (Wildman–Crippen LogP) is 3.30. The Kier molecular flexibility index (Phi) is 2.75. The van der Waals surface area contributed by atoms with Crippen LogP contribution in [0.3, 0.4) is 0 Å². The zero-order chi connectivity index (χ0) is 13.6. The molecule has 0 radical (unpaired) electrons. The number of carbonyl (C=O) groups excluding carboxylic acids is 1. The number of Topliss-reactive ketones (excluding diaryl/α,β-unsaturated/α-hetero) is 1. The Hall–Kier alpha value is -1.94. The zero-order valence-electron chi connectivity index (χ0n) is 10.3. The van der Waals surface area contributed by atoms with E-state index in [0.717, 1.165) is 16.0 Å². The fourth-order valence-corrected chi connectivity index (χ4v) is 3.28. The number of aryl methyl sites for hydroxylation is 1. The Morgan fingerprint density at radius 1 is 1.05 bits per heavy atom. The molecule has 0 unspecified atom stereocenters. The first-order valence-corrected chi connectivity index (χ1v) is 6.73. The van der Waals surface area contributed by atoms with Gasteiger partial charge in [0.2, 0.25) is 0 Å². The largest absolute Gasteiger partial charge is 0.504 e. The van der Waals surface area contributed by atoms with Crippen molar-refractivity contribution in [2.75, 3.05) is 0 Å². The van der Waals surface area contributed by atoms with Crippen LogP contribution in [0.5, 0.6) is 11.5 Å². The van der Waals surface area contributed by atoms with Gasteiger partial charge in [-0.05, 0) is 30.7 Å². The lowest BCUT2D eigenvalue weighted by molar-refractivity contribution is 0.0989. The van der Waals surface area contributed by atoms with Gasteiger partial charge in [0.1, 0.15) is 0 Å². The smallest absolute Gasteiger partial charge is 0.168 e. The van der Waals surface area contributed by atoms with Crippen LogP contribution in [0.2, 0.25) is 0 Å². The number of hydrogen-bond donors (Lipinski definition) is 2. The summed E-state index contributed by atoms with van der Waals surface area (Å²) in [4.78, 5) is 13.9. The van der Waals surface area contributed by atoms with Gasteiger partial charge in [-0.3, -0.25) is 4.79 Å². The molecule has 0 amide bonds. The molecule has 1 aliphatic rings. The minimum atomic E-state index is -0.255. The average Bonchev–Trinajstić information content (AvgIpc) is 2.47. The van der Waals surface area contributed by atoms with Crippen LogP contribution in [0.25, 0.3) is 0 Å². The fourth-order valence-electron chi connectivity index (χ4n) is 2.19. The molecule has 0 aliphatic carbocycles. The lowest BCUT2D eigenvalue weighted by Gasteiger charge is -2.07. The number of aromatic hydroxyl groups is 2. The monoisotopic (exact) mass is 272 g/mol. The summed E-state index contributed by atoms with van der Waals surface area (Å²) in [6, 6.07) is 8.79. The van der Waals surface area contributed by atoms with Crippen molar-refractivity contribution in [3.05, 3.63) is 47.0 Å². The maximum atomic E-state index is 12.2. The van der Waals surface area contributed by atoms with E-state index < -0.39 is 0 Å². The third-order valence-electron chi connectivity index (χ3n) is 3.16. The van der Waals surface area contributed by atoms with E-state index in [1.165, 1.54) is 23.9 Å². The molecule has 0 spiro atoms. The summed E-state index contributed by atoms with van der Waals surface area (Å²) >= 11 is 1.45. The standard InChI is InChI=1S/C15H12O3S/c1-8-2-3-14-9(4-8)5-11(16)10-6-12(17)13(18)7-15(10)19-14/h2-4,6-7,17-18H,5H2,1H3. The van der Waals surface area contributed by atoms with E-state index in [0.29, 0.717) is 16.9 Å². The number of hydrogen-bond acceptors (Lipinski definition) is 4. The van der Waals surface area contributed by atoms with Gasteiger partial charge in [-0.15, -0.1) is 0 Å². The topological polar surface area (TPSA) is 57.5 Å². The molecule has 0 saturated carbocycles. The van der Waals surface area contributed by atoms with Crippen molar-refractivity contribution in [1.82, 2.24) is 0 Å². The van der Waals surface area contributed by atoms with Crippen LogP contribution in [0.4, 0.5) is 0 Å². The third kappa shape index (κ3) is 2.08. The number of rotatable bonds is 0. The van der Waals surface area contributed by atoms with Gasteiger partial charge in [-0.25, -0.2) is 0 Å². The molecule has 0 fully saturated rings. The molecule has 2 N–H and O–H groups in total. The molecular formula is C15H12O3S. The van der Waals surface area contributed by atoms with Crippen LogP contribution in [0, 0.1) is 6.92 Å². The van der Waals surface area contributed by atoms with E-state index in [4.69, 9.17) is 0 Å². The van der Waals surface area contributed by atoms with Gasteiger partial charge in [0.05, 0.1) is 0 Å². The van der Waals surface area contributed by atoms with E-state index in [1.807, 2.05) is 25.1 Å². The van der Waals surface area contributed by atoms with Crippen LogP contribution in [-0.2, 0) is 6.42 Å². The van der Waals surface area contributed by atoms with Crippen LogP contribution < -0.4 is 0 Å². The van der Waals surface area contributed by atoms with E-state index in [2.05, 4.69) is 0 Å². The van der Waals surface area contributed by atoms with Gasteiger partial charge >= 0.3 is 0 Å². The second-order valence-electron chi connectivity index (χ2n) is 4.65. The quantitative estimate of drug-likeness (QED) is 0.722. The Labute approximate surface area is 114 Å². The summed E-state index contributed by atoms with van der Waals surface area (Å²) in [6.07, 6.45) is 0.321. The summed E-state index contributed by atoms with van der Waals surface area (Å²) in [5, 5.41) is 19.1. The van der Waals surface area contributed by atoms with Gasteiger partial charge in [0, 0.05) is 21.8 Å². The molecule has 3 rings (SSSR count). The van der Waals surface area contributed by atoms with Gasteiger partial charge < -0.3 is 10.2 Å². The first-order valence-electron chi connectivity index (χ1n) is 5.91. The second kappa shape index (κ2) is 4.31. The van der Waals surface area contributed by atoms with Crippen molar-refractivity contribution >= 4 is 17.5 Å². The maximum absolute atomic E-state index is 12.2. The van der Waals surface area contributed by atoms with Gasteiger partial charge in [-0.2, -0.15) is 0 Å². The van der Waals surface area contributed by atoms with Crippen molar-refractivity contribution in [2.24, 2.45) is 0 Å². The highest BCUT2D eigenvalue weighted by atomic mass is 32.2. The molecule has 1 aliphatic heterocycles. The molecule has 4 heteroatoms. The molecule has 96 valence electrons. The lowest BCUT2D eigenvalue weighted by atomic mass is 10.0. The first kappa shape index (κ1) is 12.1. The summed E-state index contributed by atoms with van der Waals surface area (Å²) in [7, 11) is 0. The number of ketones is 1. The van der Waals surface area contributed by atoms with Crippen molar-refractivity contribution in [3.8, 4) is 11.5 Å². The van der Waals surface area contributed by atoms with Crippen molar-refractivity contribution in [1.29, 1.82) is 0 Å². The number of fused-ring (bicyclic) bond motifs is 2. The summed E-state index contributed by atoms with van der Waals surface area (Å²) in [6.45, 7) is 1.99. The SMILES string of the molecule is Cc1ccc2c(c1)CC(=O)c1cc(O)c(O)cc1S2. The zero-order valence-corrected chi connectivity index (χ0v) is 11.1. The Bertz CT molecular complexity index is 692. The molecule has 0 atom stereocenters. The highest BCUT2D eigenvalue weighted by Crippen LogP contribution is 2.41. The number of phenols is 2. The van der Waals surface area contributed by atoms with Gasteiger partial charge in [0.15, 0.2) is 17.3 Å².